The lowest BCUT2D eigenvalue weighted by atomic mass is 10.2. The predicted octanol–water partition coefficient (Wildman–Crippen LogP) is 0.0629. The normalized spacial score (nSPS) is 10.9. The molecule has 0 fully saturated rings. The molecule has 1 aromatic heterocycles. The Morgan fingerprint density at radius 1 is 1.59 bits per heavy atom. The molecule has 0 radical (unpaired) electrons. The molecular weight excluding hydrogens is 218 g/mol. The molecule has 0 aliphatic rings. The second kappa shape index (κ2) is 6.17. The number of aromatic nitrogens is 1. The van der Waals surface area contributed by atoms with Crippen molar-refractivity contribution in [3.8, 4) is 0 Å². The highest BCUT2D eigenvalue weighted by molar-refractivity contribution is 5.75. The fourth-order valence-electron chi connectivity index (χ4n) is 1.51. The van der Waals surface area contributed by atoms with E-state index in [1.165, 1.54) is 0 Å². The van der Waals surface area contributed by atoms with E-state index in [1.54, 1.807) is 6.20 Å². The van der Waals surface area contributed by atoms with Crippen molar-refractivity contribution in [3.05, 3.63) is 23.9 Å². The Bertz CT molecular complexity index is 380. The number of nitrogen functional groups attached to an aromatic ring is 1. The van der Waals surface area contributed by atoms with Gasteiger partial charge in [-0.05, 0) is 31.5 Å². The molecule has 0 saturated carbocycles. The van der Waals surface area contributed by atoms with Gasteiger partial charge in [0.05, 0.1) is 6.54 Å². The summed E-state index contributed by atoms with van der Waals surface area (Å²) in [6.45, 7) is 4.92. The van der Waals surface area contributed by atoms with Gasteiger partial charge < -0.3 is 11.2 Å². The zero-order valence-electron chi connectivity index (χ0n) is 10.2. The molecule has 17 heavy (non-hydrogen) atoms. The van der Waals surface area contributed by atoms with Crippen LogP contribution in [0.4, 0.5) is 5.82 Å². The van der Waals surface area contributed by atoms with Gasteiger partial charge in [0.25, 0.3) is 0 Å². The number of nitrogens with one attached hydrogen (secondary N) is 1. The molecule has 1 heterocycles. The zero-order valence-corrected chi connectivity index (χ0v) is 10.2. The van der Waals surface area contributed by atoms with Crippen molar-refractivity contribution in [1.29, 1.82) is 0 Å². The lowest BCUT2D eigenvalue weighted by Crippen LogP contribution is -2.38. The maximum absolute atomic E-state index is 11.0. The van der Waals surface area contributed by atoms with Crippen molar-refractivity contribution >= 4 is 11.7 Å². The summed E-state index contributed by atoms with van der Waals surface area (Å²) in [5, 5.41) is 0. The molecule has 0 bridgehead atoms. The van der Waals surface area contributed by atoms with Gasteiger partial charge in [-0.15, -0.1) is 0 Å². The standard InChI is InChI=1S/C11H19N5O/c1-8(2)16(7-10(12)17)6-9-3-4-14-11(5-9)15-13/h3-5,8H,6-7,13H2,1-2H3,(H2,12,17)(H,14,15). The van der Waals surface area contributed by atoms with Gasteiger partial charge in [0.1, 0.15) is 5.82 Å². The summed E-state index contributed by atoms with van der Waals surface area (Å²) in [5.41, 5.74) is 8.74. The first kappa shape index (κ1) is 13.4. The van der Waals surface area contributed by atoms with Crippen LogP contribution in [0.3, 0.4) is 0 Å². The number of primary amides is 1. The number of anilines is 1. The Balaban J connectivity index is 2.74. The largest absolute Gasteiger partial charge is 0.369 e. The van der Waals surface area contributed by atoms with Crippen LogP contribution in [-0.4, -0.2) is 28.4 Å². The number of carbonyl (C=O) groups is 1. The Morgan fingerprint density at radius 2 is 2.29 bits per heavy atom. The zero-order chi connectivity index (χ0) is 12.8. The molecule has 0 unspecified atom stereocenters. The topological polar surface area (TPSA) is 97.3 Å². The third-order valence-corrected chi connectivity index (χ3v) is 2.45. The number of rotatable bonds is 6. The number of nitrogens with zero attached hydrogens (tertiary/aromatic N) is 2. The molecule has 0 aliphatic heterocycles. The molecule has 1 aromatic rings. The fraction of sp³-hybridized carbons (Fsp3) is 0.455. The first-order valence-corrected chi connectivity index (χ1v) is 5.47. The smallest absolute Gasteiger partial charge is 0.231 e. The molecule has 0 aliphatic carbocycles. The van der Waals surface area contributed by atoms with Gasteiger partial charge in [-0.25, -0.2) is 10.8 Å². The molecule has 1 rings (SSSR count). The number of pyridine rings is 1. The molecule has 1 amide bonds. The number of hydrogen-bond donors (Lipinski definition) is 3. The van der Waals surface area contributed by atoms with Crippen LogP contribution in [0, 0.1) is 0 Å². The summed E-state index contributed by atoms with van der Waals surface area (Å²) in [5.74, 6) is 5.56. The van der Waals surface area contributed by atoms with E-state index in [2.05, 4.69) is 10.4 Å². The van der Waals surface area contributed by atoms with Gasteiger partial charge in [-0.1, -0.05) is 0 Å². The van der Waals surface area contributed by atoms with Crippen molar-refractivity contribution in [3.63, 3.8) is 0 Å². The van der Waals surface area contributed by atoms with E-state index in [0.717, 1.165) is 5.56 Å². The van der Waals surface area contributed by atoms with E-state index < -0.39 is 0 Å². The van der Waals surface area contributed by atoms with Crippen LogP contribution in [0.25, 0.3) is 0 Å². The Kier molecular flexibility index (Phi) is 4.86. The first-order chi connectivity index (χ1) is 8.02. The maximum Gasteiger partial charge on any atom is 0.231 e. The van der Waals surface area contributed by atoms with Crippen LogP contribution in [0.2, 0.25) is 0 Å². The average molecular weight is 237 g/mol. The minimum absolute atomic E-state index is 0.241. The van der Waals surface area contributed by atoms with Crippen LogP contribution in [-0.2, 0) is 11.3 Å². The van der Waals surface area contributed by atoms with E-state index >= 15 is 0 Å². The van der Waals surface area contributed by atoms with Gasteiger partial charge >= 0.3 is 0 Å². The number of hydrogen-bond acceptors (Lipinski definition) is 5. The highest BCUT2D eigenvalue weighted by Gasteiger charge is 2.12. The molecule has 5 N–H and O–H groups in total. The summed E-state index contributed by atoms with van der Waals surface area (Å²) < 4.78 is 0. The third kappa shape index (κ3) is 4.38. The number of carbonyl (C=O) groups excluding carboxylic acids is 1. The molecular formula is C11H19N5O. The second-order valence-corrected chi connectivity index (χ2v) is 4.16. The number of amides is 1. The van der Waals surface area contributed by atoms with Crippen molar-refractivity contribution in [2.75, 3.05) is 12.0 Å². The van der Waals surface area contributed by atoms with E-state index in [1.807, 2.05) is 30.9 Å². The number of hydrazine groups is 1. The van der Waals surface area contributed by atoms with Gasteiger partial charge in [-0.3, -0.25) is 9.69 Å². The van der Waals surface area contributed by atoms with Gasteiger partial charge in [-0.2, -0.15) is 0 Å². The minimum Gasteiger partial charge on any atom is -0.369 e. The summed E-state index contributed by atoms with van der Waals surface area (Å²) in [6, 6.07) is 3.97. The predicted molar refractivity (Wildman–Crippen MR) is 66.8 cm³/mol. The van der Waals surface area contributed by atoms with E-state index in [4.69, 9.17) is 11.6 Å². The van der Waals surface area contributed by atoms with Crippen LogP contribution < -0.4 is 17.0 Å². The van der Waals surface area contributed by atoms with Crippen LogP contribution >= 0.6 is 0 Å². The molecule has 94 valence electrons. The monoisotopic (exact) mass is 237 g/mol. The SMILES string of the molecule is CC(C)N(CC(N)=O)Cc1ccnc(NN)c1. The average Bonchev–Trinajstić information content (AvgIpc) is 2.27. The van der Waals surface area contributed by atoms with Crippen molar-refractivity contribution in [2.45, 2.75) is 26.4 Å². The molecule has 0 spiro atoms. The molecule has 0 saturated heterocycles. The van der Waals surface area contributed by atoms with Gasteiger partial charge in [0, 0.05) is 18.8 Å². The lowest BCUT2D eigenvalue weighted by Gasteiger charge is -2.25. The summed E-state index contributed by atoms with van der Waals surface area (Å²) in [7, 11) is 0. The molecule has 6 heteroatoms. The van der Waals surface area contributed by atoms with Gasteiger partial charge in [0.15, 0.2) is 0 Å². The maximum atomic E-state index is 11.0. The second-order valence-electron chi connectivity index (χ2n) is 4.16. The van der Waals surface area contributed by atoms with E-state index in [9.17, 15) is 4.79 Å². The van der Waals surface area contributed by atoms with Crippen LogP contribution in [0.1, 0.15) is 19.4 Å². The summed E-state index contributed by atoms with van der Waals surface area (Å²) in [4.78, 5) is 17.0. The fourth-order valence-corrected chi connectivity index (χ4v) is 1.51. The highest BCUT2D eigenvalue weighted by Crippen LogP contribution is 2.10. The van der Waals surface area contributed by atoms with Crippen LogP contribution in [0.5, 0.6) is 0 Å². The Hall–Kier alpha value is -1.66. The molecule has 6 nitrogen and oxygen atoms in total. The molecule has 0 aromatic carbocycles. The van der Waals surface area contributed by atoms with Crippen molar-refractivity contribution in [1.82, 2.24) is 9.88 Å². The van der Waals surface area contributed by atoms with E-state index in [0.29, 0.717) is 12.4 Å². The molecule has 0 atom stereocenters. The van der Waals surface area contributed by atoms with Gasteiger partial charge in [0.2, 0.25) is 5.91 Å². The third-order valence-electron chi connectivity index (χ3n) is 2.45. The van der Waals surface area contributed by atoms with Crippen LogP contribution in [0.15, 0.2) is 18.3 Å². The Labute approximate surface area is 101 Å². The van der Waals surface area contributed by atoms with E-state index in [-0.39, 0.29) is 18.5 Å². The summed E-state index contributed by atoms with van der Waals surface area (Å²) >= 11 is 0. The Morgan fingerprint density at radius 3 is 2.82 bits per heavy atom. The first-order valence-electron chi connectivity index (χ1n) is 5.47. The highest BCUT2D eigenvalue weighted by atomic mass is 16.1. The lowest BCUT2D eigenvalue weighted by molar-refractivity contribution is -0.119. The minimum atomic E-state index is -0.329. The van der Waals surface area contributed by atoms with Crippen molar-refractivity contribution in [2.24, 2.45) is 11.6 Å². The van der Waals surface area contributed by atoms with Crippen molar-refractivity contribution < 1.29 is 4.79 Å². The quantitative estimate of drug-likeness (QED) is 0.480. The summed E-state index contributed by atoms with van der Waals surface area (Å²) in [6.07, 6.45) is 1.67. The number of nitrogens with two attached hydrogens (primary N) is 2.